The van der Waals surface area contributed by atoms with E-state index in [4.69, 9.17) is 11.6 Å². The average Bonchev–Trinajstić information content (AvgIpc) is 3.21. The van der Waals surface area contributed by atoms with Crippen molar-refractivity contribution >= 4 is 40.6 Å². The second-order valence-corrected chi connectivity index (χ2v) is 8.86. The van der Waals surface area contributed by atoms with Gasteiger partial charge in [-0.25, -0.2) is 0 Å². The number of aryl methyl sites for hydroxylation is 1. The fraction of sp³-hybridized carbons (Fsp3) is 0.286. The smallest absolute Gasteiger partial charge is 0.280 e. The van der Waals surface area contributed by atoms with Crippen LogP contribution in [-0.4, -0.2) is 31.9 Å². The van der Waals surface area contributed by atoms with Gasteiger partial charge in [0.2, 0.25) is 5.91 Å². The number of anilines is 1. The standard InChI is InChI=1S/C21H22ClN5O2S/c1-13-5-6-15(22)11-17(13)27(20(29)16-12-30-26-25-16)18(14-7-9-23-10-8-14)19(28)24-21(2,3)4/h5-12,18H,1-4H3,(H,24,28)/t18-/m0/s1. The Morgan fingerprint density at radius 2 is 1.87 bits per heavy atom. The summed E-state index contributed by atoms with van der Waals surface area (Å²) in [6.45, 7) is 7.51. The molecule has 2 amide bonds. The number of carbonyl (C=O) groups excluding carboxylic acids is 2. The lowest BCUT2D eigenvalue weighted by Crippen LogP contribution is -2.49. The van der Waals surface area contributed by atoms with Crippen LogP contribution in [0.3, 0.4) is 0 Å². The van der Waals surface area contributed by atoms with Gasteiger partial charge in [0.05, 0.1) is 0 Å². The summed E-state index contributed by atoms with van der Waals surface area (Å²) in [7, 11) is 0. The lowest BCUT2D eigenvalue weighted by Gasteiger charge is -2.34. The van der Waals surface area contributed by atoms with Gasteiger partial charge in [-0.1, -0.05) is 22.2 Å². The monoisotopic (exact) mass is 443 g/mol. The van der Waals surface area contributed by atoms with Gasteiger partial charge in [-0.2, -0.15) is 0 Å². The minimum Gasteiger partial charge on any atom is -0.349 e. The molecule has 0 saturated heterocycles. The number of rotatable bonds is 5. The summed E-state index contributed by atoms with van der Waals surface area (Å²) in [5.41, 5.74) is 1.58. The number of aromatic nitrogens is 3. The number of carbonyl (C=O) groups is 2. The molecule has 0 bridgehead atoms. The highest BCUT2D eigenvalue weighted by Crippen LogP contribution is 2.33. The third-order valence-electron chi connectivity index (χ3n) is 4.26. The molecule has 0 fully saturated rings. The van der Waals surface area contributed by atoms with Crippen LogP contribution in [-0.2, 0) is 4.79 Å². The van der Waals surface area contributed by atoms with Crippen molar-refractivity contribution in [2.45, 2.75) is 39.3 Å². The molecule has 0 aliphatic carbocycles. The van der Waals surface area contributed by atoms with Crippen molar-refractivity contribution < 1.29 is 9.59 Å². The quantitative estimate of drug-likeness (QED) is 0.638. The number of amides is 2. The van der Waals surface area contributed by atoms with Crippen LogP contribution in [0.2, 0.25) is 5.02 Å². The highest BCUT2D eigenvalue weighted by Gasteiger charge is 2.36. The maximum atomic E-state index is 13.5. The molecule has 1 aromatic carbocycles. The van der Waals surface area contributed by atoms with E-state index in [0.29, 0.717) is 16.3 Å². The zero-order valence-electron chi connectivity index (χ0n) is 17.1. The molecule has 3 rings (SSSR count). The van der Waals surface area contributed by atoms with Crippen LogP contribution in [0, 0.1) is 6.92 Å². The molecule has 0 saturated carbocycles. The average molecular weight is 444 g/mol. The minimum atomic E-state index is -0.960. The van der Waals surface area contributed by atoms with E-state index in [9.17, 15) is 9.59 Å². The number of nitrogens with zero attached hydrogens (tertiary/aromatic N) is 4. The van der Waals surface area contributed by atoms with Gasteiger partial charge in [0, 0.05) is 34.0 Å². The Bertz CT molecular complexity index is 1040. The van der Waals surface area contributed by atoms with Gasteiger partial charge in [0.25, 0.3) is 5.91 Å². The predicted octanol–water partition coefficient (Wildman–Crippen LogP) is 4.20. The van der Waals surface area contributed by atoms with E-state index < -0.39 is 17.5 Å². The van der Waals surface area contributed by atoms with E-state index in [1.54, 1.807) is 42.0 Å². The van der Waals surface area contributed by atoms with Crippen LogP contribution in [0.25, 0.3) is 0 Å². The van der Waals surface area contributed by atoms with Gasteiger partial charge >= 0.3 is 0 Å². The molecule has 7 nitrogen and oxygen atoms in total. The Morgan fingerprint density at radius 3 is 2.47 bits per heavy atom. The van der Waals surface area contributed by atoms with Gasteiger partial charge in [-0.15, -0.1) is 5.10 Å². The topological polar surface area (TPSA) is 88.1 Å². The van der Waals surface area contributed by atoms with E-state index in [1.165, 1.54) is 4.90 Å². The molecule has 30 heavy (non-hydrogen) atoms. The van der Waals surface area contributed by atoms with Crippen LogP contribution < -0.4 is 10.2 Å². The number of pyridine rings is 1. The first-order chi connectivity index (χ1) is 14.2. The number of benzene rings is 1. The molecule has 2 heterocycles. The molecule has 3 aromatic rings. The molecule has 2 aromatic heterocycles. The number of hydrogen-bond acceptors (Lipinski definition) is 6. The molecule has 0 aliphatic rings. The molecule has 0 unspecified atom stereocenters. The van der Waals surface area contributed by atoms with Gasteiger partial charge in [-0.3, -0.25) is 19.5 Å². The molecule has 156 valence electrons. The first-order valence-electron chi connectivity index (χ1n) is 9.26. The SMILES string of the molecule is Cc1ccc(Cl)cc1N(C(=O)c1csnn1)[C@H](C(=O)NC(C)(C)C)c1ccncc1. The van der Waals surface area contributed by atoms with Crippen molar-refractivity contribution in [2.24, 2.45) is 0 Å². The second kappa shape index (κ2) is 8.89. The maximum absolute atomic E-state index is 13.5. The lowest BCUT2D eigenvalue weighted by atomic mass is 10.0. The zero-order valence-corrected chi connectivity index (χ0v) is 18.7. The highest BCUT2D eigenvalue weighted by atomic mass is 35.5. The minimum absolute atomic E-state index is 0.155. The van der Waals surface area contributed by atoms with Gasteiger partial charge in [0.15, 0.2) is 5.69 Å². The molecule has 0 radical (unpaired) electrons. The Kier molecular flexibility index (Phi) is 6.48. The Labute approximate surface area is 184 Å². The fourth-order valence-corrected chi connectivity index (χ4v) is 3.59. The summed E-state index contributed by atoms with van der Waals surface area (Å²) in [6.07, 6.45) is 3.18. The van der Waals surface area contributed by atoms with Gasteiger partial charge in [0.1, 0.15) is 6.04 Å². The molecule has 0 aliphatic heterocycles. The molecule has 9 heteroatoms. The summed E-state index contributed by atoms with van der Waals surface area (Å²) in [6, 6.07) is 7.69. The van der Waals surface area contributed by atoms with Crippen molar-refractivity contribution in [3.8, 4) is 0 Å². The van der Waals surface area contributed by atoms with Crippen molar-refractivity contribution in [1.29, 1.82) is 0 Å². The first-order valence-corrected chi connectivity index (χ1v) is 10.5. The molecule has 1 atom stereocenters. The first kappa shape index (κ1) is 21.9. The van der Waals surface area contributed by atoms with E-state index in [-0.39, 0.29) is 11.6 Å². The van der Waals surface area contributed by atoms with Crippen LogP contribution in [0.15, 0.2) is 48.1 Å². The van der Waals surface area contributed by atoms with Crippen LogP contribution in [0.1, 0.15) is 48.4 Å². The summed E-state index contributed by atoms with van der Waals surface area (Å²) < 4.78 is 3.80. The van der Waals surface area contributed by atoms with Crippen molar-refractivity contribution in [1.82, 2.24) is 19.9 Å². The highest BCUT2D eigenvalue weighted by molar-refractivity contribution is 7.03. The summed E-state index contributed by atoms with van der Waals surface area (Å²) >= 11 is 7.32. The van der Waals surface area contributed by atoms with Crippen LogP contribution in [0.4, 0.5) is 5.69 Å². The maximum Gasteiger partial charge on any atom is 0.280 e. The molecule has 1 N–H and O–H groups in total. The zero-order chi connectivity index (χ0) is 21.9. The number of halogens is 1. The largest absolute Gasteiger partial charge is 0.349 e. The third-order valence-corrected chi connectivity index (χ3v) is 4.99. The van der Waals surface area contributed by atoms with Crippen molar-refractivity contribution in [3.63, 3.8) is 0 Å². The Morgan fingerprint density at radius 1 is 1.17 bits per heavy atom. The predicted molar refractivity (Wildman–Crippen MR) is 118 cm³/mol. The summed E-state index contributed by atoms with van der Waals surface area (Å²) in [5.74, 6) is -0.774. The van der Waals surface area contributed by atoms with E-state index in [2.05, 4.69) is 19.9 Å². The van der Waals surface area contributed by atoms with E-state index in [1.807, 2.05) is 33.8 Å². The van der Waals surface area contributed by atoms with Gasteiger partial charge < -0.3 is 5.32 Å². The van der Waals surface area contributed by atoms with E-state index >= 15 is 0 Å². The third kappa shape index (κ3) is 5.01. The second-order valence-electron chi connectivity index (χ2n) is 7.82. The molecular formula is C21H22ClN5O2S. The Balaban J connectivity index is 2.21. The lowest BCUT2D eigenvalue weighted by molar-refractivity contribution is -0.123. The van der Waals surface area contributed by atoms with Crippen LogP contribution in [0.5, 0.6) is 0 Å². The normalized spacial score (nSPS) is 12.3. The van der Waals surface area contributed by atoms with E-state index in [0.717, 1.165) is 17.1 Å². The summed E-state index contributed by atoms with van der Waals surface area (Å²) in [5, 5.41) is 8.92. The number of nitrogens with one attached hydrogen (secondary N) is 1. The Hall–Kier alpha value is -2.84. The fourth-order valence-electron chi connectivity index (χ4n) is 2.99. The molecular weight excluding hydrogens is 422 g/mol. The summed E-state index contributed by atoms with van der Waals surface area (Å²) in [4.78, 5) is 32.5. The van der Waals surface area contributed by atoms with Crippen molar-refractivity contribution in [2.75, 3.05) is 4.90 Å². The van der Waals surface area contributed by atoms with Crippen molar-refractivity contribution in [3.05, 3.63) is 69.9 Å². The van der Waals surface area contributed by atoms with Crippen LogP contribution >= 0.6 is 23.1 Å². The van der Waals surface area contributed by atoms with Gasteiger partial charge in [-0.05, 0) is 74.6 Å². The molecule has 0 spiro atoms. The number of hydrogen-bond donors (Lipinski definition) is 1.